The zero-order valence-corrected chi connectivity index (χ0v) is 9.43. The molecule has 1 aromatic heterocycles. The lowest BCUT2D eigenvalue weighted by atomic mass is 10.2. The highest BCUT2D eigenvalue weighted by Gasteiger charge is 2.02. The number of furan rings is 1. The molecular weight excluding hydrogens is 226 g/mol. The molecule has 0 saturated heterocycles. The minimum absolute atomic E-state index is 0.0894. The van der Waals surface area contributed by atoms with Crippen LogP contribution < -0.4 is 5.14 Å². The molecule has 16 heavy (non-hydrogen) atoms. The fraction of sp³-hybridized carbons (Fsp3) is 0.0909. The molecule has 0 unspecified atom stereocenters. The number of hydrogen-bond acceptors (Lipinski definition) is 3. The normalized spacial score (nSPS) is 10.3. The van der Waals surface area contributed by atoms with E-state index in [0.29, 0.717) is 0 Å². The Balaban J connectivity index is 0.000000212. The van der Waals surface area contributed by atoms with E-state index in [1.54, 1.807) is 36.8 Å². The van der Waals surface area contributed by atoms with Crippen LogP contribution in [0.5, 0.6) is 0 Å². The lowest BCUT2D eigenvalue weighted by molar-refractivity contribution is 0.567. The third-order valence-corrected chi connectivity index (χ3v) is 2.37. The molecule has 2 aromatic rings. The number of nitrogens with two attached hydrogens (primary N) is 1. The molecule has 1 aromatic carbocycles. The van der Waals surface area contributed by atoms with E-state index in [1.807, 2.05) is 18.2 Å². The van der Waals surface area contributed by atoms with Crippen LogP contribution in [0, 0.1) is 0 Å². The van der Waals surface area contributed by atoms with Crippen molar-refractivity contribution in [2.45, 2.75) is 5.75 Å². The molecule has 5 heteroatoms. The first-order valence-electron chi connectivity index (χ1n) is 4.59. The van der Waals surface area contributed by atoms with Crippen LogP contribution in [0.1, 0.15) is 5.56 Å². The second-order valence-electron chi connectivity index (χ2n) is 3.09. The van der Waals surface area contributed by atoms with Gasteiger partial charge in [-0.05, 0) is 17.7 Å². The maximum absolute atomic E-state index is 10.6. The lowest BCUT2D eigenvalue weighted by Gasteiger charge is -1.96. The first-order valence-corrected chi connectivity index (χ1v) is 6.31. The molecule has 2 rings (SSSR count). The summed E-state index contributed by atoms with van der Waals surface area (Å²) in [4.78, 5) is 0. The molecule has 0 saturated carbocycles. The van der Waals surface area contributed by atoms with Crippen LogP contribution in [0.3, 0.4) is 0 Å². The number of benzene rings is 1. The highest BCUT2D eigenvalue weighted by molar-refractivity contribution is 7.88. The van der Waals surface area contributed by atoms with Crippen molar-refractivity contribution in [3.05, 3.63) is 60.6 Å². The summed E-state index contributed by atoms with van der Waals surface area (Å²) in [6.07, 6.45) is 3.25. The van der Waals surface area contributed by atoms with Crippen LogP contribution in [0.2, 0.25) is 0 Å². The van der Waals surface area contributed by atoms with Crippen molar-refractivity contribution >= 4 is 10.0 Å². The molecule has 86 valence electrons. The van der Waals surface area contributed by atoms with Crippen molar-refractivity contribution in [1.29, 1.82) is 0 Å². The predicted molar refractivity (Wildman–Crippen MR) is 62.0 cm³/mol. The maximum atomic E-state index is 10.6. The number of rotatable bonds is 2. The lowest BCUT2D eigenvalue weighted by Crippen LogP contribution is -2.14. The molecule has 4 nitrogen and oxygen atoms in total. The molecule has 0 radical (unpaired) electrons. The van der Waals surface area contributed by atoms with Gasteiger partial charge >= 0.3 is 0 Å². The van der Waals surface area contributed by atoms with Crippen molar-refractivity contribution in [2.24, 2.45) is 5.14 Å². The van der Waals surface area contributed by atoms with E-state index < -0.39 is 10.0 Å². The SMILES string of the molecule is NS(=O)(=O)Cc1ccccc1.c1ccoc1. The van der Waals surface area contributed by atoms with Gasteiger partial charge in [-0.3, -0.25) is 0 Å². The van der Waals surface area contributed by atoms with E-state index in [9.17, 15) is 8.42 Å². The van der Waals surface area contributed by atoms with E-state index in [1.165, 1.54) is 0 Å². The summed E-state index contributed by atoms with van der Waals surface area (Å²) in [5.74, 6) is -0.0894. The second-order valence-corrected chi connectivity index (χ2v) is 4.70. The summed E-state index contributed by atoms with van der Waals surface area (Å²) in [5, 5.41) is 4.84. The summed E-state index contributed by atoms with van der Waals surface area (Å²) in [7, 11) is -3.38. The van der Waals surface area contributed by atoms with Crippen LogP contribution in [-0.4, -0.2) is 8.42 Å². The van der Waals surface area contributed by atoms with Crippen LogP contribution in [0.4, 0.5) is 0 Å². The molecule has 0 atom stereocenters. The van der Waals surface area contributed by atoms with Crippen molar-refractivity contribution < 1.29 is 12.8 Å². The Morgan fingerprint density at radius 2 is 1.56 bits per heavy atom. The quantitative estimate of drug-likeness (QED) is 0.867. The standard InChI is InChI=1S/C7H9NO2S.C4H4O/c8-11(9,10)6-7-4-2-1-3-5-7;1-2-4-5-3-1/h1-5H,6H2,(H2,8,9,10);1-4H. The van der Waals surface area contributed by atoms with Gasteiger partial charge in [0.1, 0.15) is 0 Å². The minimum Gasteiger partial charge on any atom is -0.473 e. The smallest absolute Gasteiger partial charge is 0.213 e. The van der Waals surface area contributed by atoms with Crippen molar-refractivity contribution in [2.75, 3.05) is 0 Å². The van der Waals surface area contributed by atoms with Crippen molar-refractivity contribution in [3.8, 4) is 0 Å². The van der Waals surface area contributed by atoms with Gasteiger partial charge in [-0.25, -0.2) is 13.6 Å². The molecule has 1 heterocycles. The van der Waals surface area contributed by atoms with Crippen LogP contribution in [0.25, 0.3) is 0 Å². The average Bonchev–Trinajstić information content (AvgIpc) is 2.74. The van der Waals surface area contributed by atoms with Gasteiger partial charge in [0.25, 0.3) is 0 Å². The van der Waals surface area contributed by atoms with E-state index in [4.69, 9.17) is 5.14 Å². The van der Waals surface area contributed by atoms with E-state index >= 15 is 0 Å². The van der Waals surface area contributed by atoms with E-state index in [0.717, 1.165) is 5.56 Å². The van der Waals surface area contributed by atoms with Gasteiger partial charge in [0.15, 0.2) is 0 Å². The van der Waals surface area contributed by atoms with Gasteiger partial charge in [0, 0.05) is 0 Å². The molecule has 2 N–H and O–H groups in total. The molecule has 0 amide bonds. The molecule has 0 aliphatic carbocycles. The van der Waals surface area contributed by atoms with Gasteiger partial charge < -0.3 is 4.42 Å². The fourth-order valence-electron chi connectivity index (χ4n) is 1.03. The van der Waals surface area contributed by atoms with Crippen molar-refractivity contribution in [1.82, 2.24) is 0 Å². The topological polar surface area (TPSA) is 73.3 Å². The third-order valence-electron chi connectivity index (χ3n) is 1.64. The molecular formula is C11H13NO3S. The van der Waals surface area contributed by atoms with Gasteiger partial charge in [0.05, 0.1) is 18.3 Å². The average molecular weight is 239 g/mol. The highest BCUT2D eigenvalue weighted by atomic mass is 32.2. The Labute approximate surface area is 94.8 Å². The number of hydrogen-bond donors (Lipinski definition) is 1. The first kappa shape index (κ1) is 12.5. The predicted octanol–water partition coefficient (Wildman–Crippen LogP) is 1.75. The summed E-state index contributed by atoms with van der Waals surface area (Å²) in [6.45, 7) is 0. The fourth-order valence-corrected chi connectivity index (χ4v) is 1.69. The molecule has 0 aliphatic rings. The Morgan fingerprint density at radius 3 is 1.94 bits per heavy atom. The Hall–Kier alpha value is -1.59. The maximum Gasteiger partial charge on any atom is 0.213 e. The summed E-state index contributed by atoms with van der Waals surface area (Å²) in [6, 6.07) is 12.5. The summed E-state index contributed by atoms with van der Waals surface area (Å²) in [5.41, 5.74) is 0.718. The molecule has 0 spiro atoms. The Kier molecular flexibility index (Phi) is 4.75. The zero-order chi connectivity index (χ0) is 11.9. The van der Waals surface area contributed by atoms with Gasteiger partial charge in [0.2, 0.25) is 10.0 Å². The minimum atomic E-state index is -3.38. The molecule has 0 aliphatic heterocycles. The monoisotopic (exact) mass is 239 g/mol. The zero-order valence-electron chi connectivity index (χ0n) is 8.61. The van der Waals surface area contributed by atoms with Crippen LogP contribution >= 0.6 is 0 Å². The van der Waals surface area contributed by atoms with Crippen LogP contribution in [0.15, 0.2) is 59.4 Å². The van der Waals surface area contributed by atoms with Crippen LogP contribution in [-0.2, 0) is 15.8 Å². The summed E-state index contributed by atoms with van der Waals surface area (Å²) < 4.78 is 25.7. The Bertz CT molecular complexity index is 460. The first-order chi connectivity index (χ1) is 7.58. The number of sulfonamides is 1. The highest BCUT2D eigenvalue weighted by Crippen LogP contribution is 2.01. The van der Waals surface area contributed by atoms with E-state index in [2.05, 4.69) is 4.42 Å². The molecule has 0 bridgehead atoms. The number of primary sulfonamides is 1. The van der Waals surface area contributed by atoms with Gasteiger partial charge in [-0.2, -0.15) is 0 Å². The summed E-state index contributed by atoms with van der Waals surface area (Å²) >= 11 is 0. The van der Waals surface area contributed by atoms with Gasteiger partial charge in [-0.15, -0.1) is 0 Å². The second kappa shape index (κ2) is 6.09. The third kappa shape index (κ3) is 6.00. The van der Waals surface area contributed by atoms with Gasteiger partial charge in [-0.1, -0.05) is 30.3 Å². The van der Waals surface area contributed by atoms with E-state index in [-0.39, 0.29) is 5.75 Å². The van der Waals surface area contributed by atoms with Crippen molar-refractivity contribution in [3.63, 3.8) is 0 Å². The molecule has 0 fully saturated rings. The largest absolute Gasteiger partial charge is 0.473 e. The Morgan fingerprint density at radius 1 is 1.00 bits per heavy atom.